The van der Waals surface area contributed by atoms with Gasteiger partial charge >= 0.3 is 5.97 Å². The molecule has 82 valence electrons. The van der Waals surface area contributed by atoms with Crippen molar-refractivity contribution in [1.82, 2.24) is 0 Å². The zero-order valence-corrected chi connectivity index (χ0v) is 8.31. The maximum absolute atomic E-state index is 10.5. The van der Waals surface area contributed by atoms with E-state index in [0.29, 0.717) is 5.56 Å². The molecule has 0 radical (unpaired) electrons. The lowest BCUT2D eigenvalue weighted by atomic mass is 10.1. The summed E-state index contributed by atoms with van der Waals surface area (Å²) >= 11 is 0. The van der Waals surface area contributed by atoms with E-state index in [1.165, 1.54) is 24.3 Å². The van der Waals surface area contributed by atoms with Gasteiger partial charge in [-0.3, -0.25) is 14.9 Å². The molecule has 15 heavy (non-hydrogen) atoms. The highest BCUT2D eigenvalue weighted by Crippen LogP contribution is 2.16. The zero-order valence-electron chi connectivity index (χ0n) is 7.49. The molecule has 0 saturated carbocycles. The summed E-state index contributed by atoms with van der Waals surface area (Å²) in [6, 6.07) is 3.96. The lowest BCUT2D eigenvalue weighted by Gasteiger charge is -2.05. The van der Waals surface area contributed by atoms with E-state index in [1.807, 2.05) is 0 Å². The summed E-state index contributed by atoms with van der Waals surface area (Å²) in [7, 11) is 0. The average Bonchev–Trinajstić information content (AvgIpc) is 2.16. The molecule has 1 rings (SSSR count). The maximum atomic E-state index is 10.5. The fourth-order valence-electron chi connectivity index (χ4n) is 0.946. The Kier molecular flexibility index (Phi) is 4.69. The Morgan fingerprint density at radius 2 is 1.87 bits per heavy atom. The Labute approximate surface area is 91.3 Å². The molecule has 0 unspecified atom stereocenters. The molecule has 0 aliphatic carbocycles. The van der Waals surface area contributed by atoms with E-state index in [1.54, 1.807) is 0 Å². The van der Waals surface area contributed by atoms with Gasteiger partial charge < -0.3 is 10.8 Å². The van der Waals surface area contributed by atoms with Gasteiger partial charge in [-0.1, -0.05) is 12.1 Å². The van der Waals surface area contributed by atoms with Gasteiger partial charge in [-0.25, -0.2) is 0 Å². The number of benzene rings is 1. The predicted octanol–water partition coefficient (Wildman–Crippen LogP) is 1.10. The number of nitrogens with zero attached hydrogens (tertiary/aromatic N) is 1. The van der Waals surface area contributed by atoms with Crippen molar-refractivity contribution in [1.29, 1.82) is 0 Å². The Hall–Kier alpha value is -1.66. The number of aliphatic carboxylic acids is 1. The molecular weight excluding hydrogens is 224 g/mol. The zero-order chi connectivity index (χ0) is 10.7. The van der Waals surface area contributed by atoms with Crippen molar-refractivity contribution < 1.29 is 14.8 Å². The number of nitrogens with two attached hydrogens (primary N) is 1. The van der Waals surface area contributed by atoms with Crippen LogP contribution in [0.15, 0.2) is 24.3 Å². The van der Waals surface area contributed by atoms with Crippen LogP contribution in [-0.4, -0.2) is 16.0 Å². The monoisotopic (exact) mass is 232 g/mol. The first-order valence-electron chi connectivity index (χ1n) is 3.75. The molecule has 0 aromatic heterocycles. The molecule has 6 nitrogen and oxygen atoms in total. The highest BCUT2D eigenvalue weighted by atomic mass is 35.5. The van der Waals surface area contributed by atoms with Crippen molar-refractivity contribution in [2.45, 2.75) is 6.04 Å². The SMILES string of the molecule is Cl.N[C@@H](C(=O)O)c1ccc([N+](=O)[O-])cc1. The fourth-order valence-corrected chi connectivity index (χ4v) is 0.946. The standard InChI is InChI=1S/C8H8N2O4.ClH/c9-7(8(11)12)5-1-3-6(4-2-5)10(13)14;/h1-4,7H,9H2,(H,11,12);1H/t7-;/m1./s1. The highest BCUT2D eigenvalue weighted by molar-refractivity contribution is 5.85. The van der Waals surface area contributed by atoms with Crippen LogP contribution in [0.25, 0.3) is 0 Å². The average molecular weight is 233 g/mol. The molecule has 3 N–H and O–H groups in total. The van der Waals surface area contributed by atoms with E-state index in [9.17, 15) is 14.9 Å². The van der Waals surface area contributed by atoms with E-state index < -0.39 is 16.9 Å². The highest BCUT2D eigenvalue weighted by Gasteiger charge is 2.15. The minimum Gasteiger partial charge on any atom is -0.480 e. The molecular formula is C8H9ClN2O4. The second-order valence-corrected chi connectivity index (χ2v) is 2.66. The van der Waals surface area contributed by atoms with Crippen LogP contribution in [0.3, 0.4) is 0 Å². The minimum absolute atomic E-state index is 0. The van der Waals surface area contributed by atoms with E-state index in [2.05, 4.69) is 0 Å². The van der Waals surface area contributed by atoms with Gasteiger partial charge in [0.25, 0.3) is 5.69 Å². The number of carbonyl (C=O) groups is 1. The molecule has 1 aromatic rings. The molecule has 0 aliphatic rings. The van der Waals surface area contributed by atoms with Crippen LogP contribution in [0.5, 0.6) is 0 Å². The third kappa shape index (κ3) is 3.19. The minimum atomic E-state index is -1.17. The number of nitro benzene ring substituents is 1. The molecule has 0 amide bonds. The molecule has 0 heterocycles. The molecule has 0 fully saturated rings. The lowest BCUT2D eigenvalue weighted by Crippen LogP contribution is -2.20. The summed E-state index contributed by atoms with van der Waals surface area (Å²) in [5.74, 6) is -1.17. The van der Waals surface area contributed by atoms with Gasteiger partial charge in [0.2, 0.25) is 0 Å². The third-order valence-electron chi connectivity index (χ3n) is 1.73. The summed E-state index contributed by atoms with van der Waals surface area (Å²) in [6.07, 6.45) is 0. The van der Waals surface area contributed by atoms with Gasteiger partial charge in [-0.2, -0.15) is 0 Å². The smallest absolute Gasteiger partial charge is 0.325 e. The van der Waals surface area contributed by atoms with Gasteiger partial charge in [-0.05, 0) is 5.56 Å². The number of rotatable bonds is 3. The number of nitro groups is 1. The largest absolute Gasteiger partial charge is 0.480 e. The summed E-state index contributed by atoms with van der Waals surface area (Å²) in [5, 5.41) is 18.8. The van der Waals surface area contributed by atoms with Crippen molar-refractivity contribution in [2.75, 3.05) is 0 Å². The van der Waals surface area contributed by atoms with Crippen LogP contribution in [0, 0.1) is 10.1 Å². The fraction of sp³-hybridized carbons (Fsp3) is 0.125. The number of carboxylic acid groups (broad SMARTS) is 1. The Bertz CT molecular complexity index is 365. The van der Waals surface area contributed by atoms with Crippen molar-refractivity contribution >= 4 is 24.1 Å². The third-order valence-corrected chi connectivity index (χ3v) is 1.73. The summed E-state index contributed by atoms with van der Waals surface area (Å²) in [5.41, 5.74) is 5.54. The van der Waals surface area contributed by atoms with Crippen LogP contribution in [-0.2, 0) is 4.79 Å². The van der Waals surface area contributed by atoms with Gasteiger partial charge in [0.1, 0.15) is 6.04 Å². The van der Waals surface area contributed by atoms with Crippen LogP contribution in [0.2, 0.25) is 0 Å². The molecule has 7 heteroatoms. The molecule has 0 bridgehead atoms. The second kappa shape index (κ2) is 5.28. The summed E-state index contributed by atoms with van der Waals surface area (Å²) in [6.45, 7) is 0. The molecule has 0 saturated heterocycles. The molecule has 1 aromatic carbocycles. The second-order valence-electron chi connectivity index (χ2n) is 2.66. The normalized spacial score (nSPS) is 11.3. The van der Waals surface area contributed by atoms with E-state index >= 15 is 0 Å². The van der Waals surface area contributed by atoms with Crippen molar-refractivity contribution in [3.8, 4) is 0 Å². The van der Waals surface area contributed by atoms with Crippen LogP contribution in [0.4, 0.5) is 5.69 Å². The van der Waals surface area contributed by atoms with E-state index in [0.717, 1.165) is 0 Å². The summed E-state index contributed by atoms with van der Waals surface area (Å²) < 4.78 is 0. The lowest BCUT2D eigenvalue weighted by molar-refractivity contribution is -0.384. The predicted molar refractivity (Wildman–Crippen MR) is 54.9 cm³/mol. The maximum Gasteiger partial charge on any atom is 0.325 e. The van der Waals surface area contributed by atoms with Gasteiger partial charge in [0.05, 0.1) is 4.92 Å². The molecule has 1 atom stereocenters. The number of non-ortho nitro benzene ring substituents is 1. The number of halogens is 1. The quantitative estimate of drug-likeness (QED) is 0.599. The van der Waals surface area contributed by atoms with Crippen molar-refractivity contribution in [3.05, 3.63) is 39.9 Å². The Morgan fingerprint density at radius 3 is 2.20 bits per heavy atom. The number of carboxylic acids is 1. The van der Waals surface area contributed by atoms with Crippen molar-refractivity contribution in [3.63, 3.8) is 0 Å². The van der Waals surface area contributed by atoms with Gasteiger partial charge in [-0.15, -0.1) is 12.4 Å². The summed E-state index contributed by atoms with van der Waals surface area (Å²) in [4.78, 5) is 20.2. The first kappa shape index (κ1) is 13.3. The Balaban J connectivity index is 0.00000196. The van der Waals surface area contributed by atoms with Gasteiger partial charge in [0, 0.05) is 12.1 Å². The molecule has 0 aliphatic heterocycles. The van der Waals surface area contributed by atoms with E-state index in [4.69, 9.17) is 10.8 Å². The van der Waals surface area contributed by atoms with Crippen molar-refractivity contribution in [2.24, 2.45) is 5.73 Å². The first-order chi connectivity index (χ1) is 6.52. The Morgan fingerprint density at radius 1 is 1.40 bits per heavy atom. The van der Waals surface area contributed by atoms with Crippen LogP contribution >= 0.6 is 12.4 Å². The number of hydrogen-bond donors (Lipinski definition) is 2. The van der Waals surface area contributed by atoms with Crippen LogP contribution < -0.4 is 5.73 Å². The first-order valence-corrected chi connectivity index (χ1v) is 3.75. The topological polar surface area (TPSA) is 106 Å². The van der Waals surface area contributed by atoms with Crippen LogP contribution in [0.1, 0.15) is 11.6 Å². The van der Waals surface area contributed by atoms with E-state index in [-0.39, 0.29) is 18.1 Å². The molecule has 0 spiro atoms. The number of hydrogen-bond acceptors (Lipinski definition) is 4. The van der Waals surface area contributed by atoms with Gasteiger partial charge in [0.15, 0.2) is 0 Å².